The predicted octanol–water partition coefficient (Wildman–Crippen LogP) is 2.88. The summed E-state index contributed by atoms with van der Waals surface area (Å²) in [6.45, 7) is 0.717. The number of hydrogen-bond acceptors (Lipinski definition) is 5. The maximum atomic E-state index is 13.6. The molecule has 0 unspecified atom stereocenters. The van der Waals surface area contributed by atoms with E-state index in [-0.39, 0.29) is 23.7 Å². The lowest BCUT2D eigenvalue weighted by molar-refractivity contribution is -0.122. The smallest absolute Gasteiger partial charge is 0.293 e. The highest BCUT2D eigenvalue weighted by Gasteiger charge is 2.45. The van der Waals surface area contributed by atoms with Gasteiger partial charge in [0.15, 0.2) is 0 Å². The number of benzene rings is 2. The van der Waals surface area contributed by atoms with Crippen LogP contribution in [0.15, 0.2) is 71.4 Å². The third kappa shape index (κ3) is 3.14. The van der Waals surface area contributed by atoms with Gasteiger partial charge in [-0.15, -0.1) is 0 Å². The van der Waals surface area contributed by atoms with Crippen molar-refractivity contribution in [1.82, 2.24) is 10.1 Å². The standard InChI is InChI=1S/C22H19N3O4/c26-21-18-12-16(14-25(18)22(27)20-10-11-23-29-20)28-19-9-5-4-8-17(19)24(21)13-15-6-2-1-3-7-15/h1-11,16,18H,12-14H2/t16-,18-/m0/s1. The molecule has 2 amide bonds. The van der Waals surface area contributed by atoms with Crippen LogP contribution >= 0.6 is 0 Å². The van der Waals surface area contributed by atoms with E-state index in [1.54, 1.807) is 4.90 Å². The van der Waals surface area contributed by atoms with E-state index in [9.17, 15) is 9.59 Å². The Hall–Kier alpha value is -3.61. The summed E-state index contributed by atoms with van der Waals surface area (Å²) >= 11 is 0. The summed E-state index contributed by atoms with van der Waals surface area (Å²) in [7, 11) is 0. The number of fused-ring (bicyclic) bond motifs is 3. The normalized spacial score (nSPS) is 20.6. The number of amides is 2. The van der Waals surface area contributed by atoms with Crippen LogP contribution in [0.5, 0.6) is 5.75 Å². The van der Waals surface area contributed by atoms with Gasteiger partial charge < -0.3 is 19.1 Å². The molecule has 1 fully saturated rings. The van der Waals surface area contributed by atoms with Crippen LogP contribution in [0.25, 0.3) is 0 Å². The van der Waals surface area contributed by atoms with Crippen molar-refractivity contribution < 1.29 is 18.8 Å². The number of aromatic nitrogens is 1. The second kappa shape index (κ2) is 7.09. The van der Waals surface area contributed by atoms with E-state index in [1.807, 2.05) is 54.6 Å². The molecule has 2 bridgehead atoms. The van der Waals surface area contributed by atoms with Gasteiger partial charge in [0.05, 0.1) is 25.0 Å². The van der Waals surface area contributed by atoms with Crippen molar-refractivity contribution in [3.8, 4) is 5.75 Å². The molecular weight excluding hydrogens is 370 g/mol. The summed E-state index contributed by atoms with van der Waals surface area (Å²) < 4.78 is 11.2. The van der Waals surface area contributed by atoms with E-state index in [0.717, 1.165) is 5.56 Å². The van der Waals surface area contributed by atoms with Gasteiger partial charge in [-0.2, -0.15) is 0 Å². The fourth-order valence-electron chi connectivity index (χ4n) is 4.00. The van der Waals surface area contributed by atoms with Crippen LogP contribution in [-0.2, 0) is 11.3 Å². The van der Waals surface area contributed by atoms with Gasteiger partial charge in [-0.05, 0) is 17.7 Å². The molecule has 1 saturated heterocycles. The number of hydrogen-bond donors (Lipinski definition) is 0. The molecule has 7 nitrogen and oxygen atoms in total. The summed E-state index contributed by atoms with van der Waals surface area (Å²) in [5.41, 5.74) is 1.71. The Morgan fingerprint density at radius 2 is 1.86 bits per heavy atom. The monoisotopic (exact) mass is 389 g/mol. The number of likely N-dealkylation sites (tertiary alicyclic amines) is 1. The molecule has 146 valence electrons. The van der Waals surface area contributed by atoms with Gasteiger partial charge in [-0.1, -0.05) is 47.6 Å². The van der Waals surface area contributed by atoms with Crippen molar-refractivity contribution in [1.29, 1.82) is 0 Å². The second-order valence-corrected chi connectivity index (χ2v) is 7.20. The molecule has 29 heavy (non-hydrogen) atoms. The molecule has 3 heterocycles. The molecule has 2 atom stereocenters. The lowest BCUT2D eigenvalue weighted by atomic mass is 10.1. The number of ether oxygens (including phenoxy) is 1. The Labute approximate surface area is 167 Å². The molecule has 7 heteroatoms. The Bertz CT molecular complexity index is 1040. The molecule has 0 saturated carbocycles. The largest absolute Gasteiger partial charge is 0.486 e. The molecule has 2 aliphatic heterocycles. The fourth-order valence-corrected chi connectivity index (χ4v) is 4.00. The van der Waals surface area contributed by atoms with Crippen molar-refractivity contribution in [2.24, 2.45) is 0 Å². The van der Waals surface area contributed by atoms with Crippen LogP contribution in [-0.4, -0.2) is 40.6 Å². The van der Waals surface area contributed by atoms with Gasteiger partial charge in [0.2, 0.25) is 11.7 Å². The van der Waals surface area contributed by atoms with Gasteiger partial charge in [-0.25, -0.2) is 0 Å². The molecule has 0 radical (unpaired) electrons. The van der Waals surface area contributed by atoms with Gasteiger partial charge >= 0.3 is 0 Å². The first-order valence-corrected chi connectivity index (χ1v) is 9.53. The molecule has 0 spiro atoms. The number of para-hydroxylation sites is 2. The second-order valence-electron chi connectivity index (χ2n) is 7.20. The van der Waals surface area contributed by atoms with E-state index in [0.29, 0.717) is 30.9 Å². The first kappa shape index (κ1) is 17.5. The van der Waals surface area contributed by atoms with Crippen LogP contribution in [0.4, 0.5) is 5.69 Å². The average molecular weight is 389 g/mol. The zero-order valence-electron chi connectivity index (χ0n) is 15.6. The lowest BCUT2D eigenvalue weighted by Gasteiger charge is -2.31. The quantitative estimate of drug-likeness (QED) is 0.689. The Morgan fingerprint density at radius 3 is 2.66 bits per heavy atom. The third-order valence-electron chi connectivity index (χ3n) is 5.36. The van der Waals surface area contributed by atoms with Gasteiger partial charge in [0.25, 0.3) is 5.91 Å². The Balaban J connectivity index is 1.54. The van der Waals surface area contributed by atoms with E-state index >= 15 is 0 Å². The van der Waals surface area contributed by atoms with Crippen molar-refractivity contribution >= 4 is 17.5 Å². The molecule has 3 aromatic rings. The number of carbonyl (C=O) groups is 2. The van der Waals surface area contributed by atoms with Gasteiger partial charge in [-0.3, -0.25) is 9.59 Å². The topological polar surface area (TPSA) is 75.9 Å². The van der Waals surface area contributed by atoms with E-state index in [1.165, 1.54) is 17.2 Å². The summed E-state index contributed by atoms with van der Waals surface area (Å²) in [6, 6.07) is 18.2. The minimum absolute atomic E-state index is 0.120. The van der Waals surface area contributed by atoms with Crippen LogP contribution < -0.4 is 9.64 Å². The van der Waals surface area contributed by atoms with Gasteiger partial charge in [0.1, 0.15) is 17.9 Å². The van der Waals surface area contributed by atoms with E-state index in [2.05, 4.69) is 5.16 Å². The Kier molecular flexibility index (Phi) is 4.27. The van der Waals surface area contributed by atoms with Crippen molar-refractivity contribution in [2.75, 3.05) is 11.4 Å². The highest BCUT2D eigenvalue weighted by Crippen LogP contribution is 2.37. The maximum absolute atomic E-state index is 13.6. The Morgan fingerprint density at radius 1 is 1.07 bits per heavy atom. The molecule has 2 aliphatic rings. The van der Waals surface area contributed by atoms with Crippen LogP contribution in [0.2, 0.25) is 0 Å². The zero-order chi connectivity index (χ0) is 19.8. The van der Waals surface area contributed by atoms with E-state index < -0.39 is 6.04 Å². The molecular formula is C22H19N3O4. The predicted molar refractivity (Wildman–Crippen MR) is 104 cm³/mol. The van der Waals surface area contributed by atoms with Crippen LogP contribution in [0.1, 0.15) is 22.5 Å². The highest BCUT2D eigenvalue weighted by atomic mass is 16.5. The van der Waals surface area contributed by atoms with Crippen LogP contribution in [0.3, 0.4) is 0 Å². The summed E-state index contributed by atoms with van der Waals surface area (Å²) in [5.74, 6) is 0.293. The minimum Gasteiger partial charge on any atom is -0.486 e. The minimum atomic E-state index is -0.616. The molecule has 5 rings (SSSR count). The van der Waals surface area contributed by atoms with Crippen molar-refractivity contribution in [2.45, 2.75) is 25.1 Å². The summed E-state index contributed by atoms with van der Waals surface area (Å²) in [6.07, 6.45) is 1.61. The summed E-state index contributed by atoms with van der Waals surface area (Å²) in [4.78, 5) is 29.8. The number of carbonyl (C=O) groups excluding carboxylic acids is 2. The van der Waals surface area contributed by atoms with Gasteiger partial charge in [0, 0.05) is 12.5 Å². The third-order valence-corrected chi connectivity index (χ3v) is 5.36. The lowest BCUT2D eigenvalue weighted by Crippen LogP contribution is -2.47. The molecule has 1 aromatic heterocycles. The van der Waals surface area contributed by atoms with Crippen molar-refractivity contribution in [3.63, 3.8) is 0 Å². The number of anilines is 1. The number of rotatable bonds is 3. The van der Waals surface area contributed by atoms with E-state index in [4.69, 9.17) is 9.26 Å². The fraction of sp³-hybridized carbons (Fsp3) is 0.227. The highest BCUT2D eigenvalue weighted by molar-refractivity contribution is 6.03. The average Bonchev–Trinajstić information content (AvgIpc) is 3.42. The first-order chi connectivity index (χ1) is 14.2. The van der Waals surface area contributed by atoms with Crippen LogP contribution in [0, 0.1) is 0 Å². The SMILES string of the molecule is O=C1[C@@H]2C[C@@H](CN2C(=O)c2ccno2)Oc2ccccc2N1Cc1ccccc1. The maximum Gasteiger partial charge on any atom is 0.293 e. The number of nitrogens with zero attached hydrogens (tertiary/aromatic N) is 3. The van der Waals surface area contributed by atoms with Crippen molar-refractivity contribution in [3.05, 3.63) is 78.2 Å². The zero-order valence-corrected chi connectivity index (χ0v) is 15.6. The molecule has 0 N–H and O–H groups in total. The molecule has 0 aliphatic carbocycles. The summed E-state index contributed by atoms with van der Waals surface area (Å²) in [5, 5.41) is 3.61. The molecule has 2 aromatic carbocycles. The first-order valence-electron chi connectivity index (χ1n) is 9.53.